The van der Waals surface area contributed by atoms with Gasteiger partial charge in [-0.05, 0) is 49.6 Å². The van der Waals surface area contributed by atoms with E-state index in [1.54, 1.807) is 35.2 Å². The molecule has 1 aliphatic rings. The molecule has 0 aliphatic carbocycles. The van der Waals surface area contributed by atoms with Gasteiger partial charge in [-0.15, -0.1) is 0 Å². The van der Waals surface area contributed by atoms with Gasteiger partial charge >= 0.3 is 0 Å². The van der Waals surface area contributed by atoms with E-state index in [9.17, 15) is 13.2 Å². The van der Waals surface area contributed by atoms with Crippen LogP contribution in [0.3, 0.4) is 0 Å². The number of morpholine rings is 1. The molecule has 0 N–H and O–H groups in total. The van der Waals surface area contributed by atoms with Crippen LogP contribution in [0.1, 0.15) is 24.0 Å². The summed E-state index contributed by atoms with van der Waals surface area (Å²) in [6, 6.07) is 12.5. The van der Waals surface area contributed by atoms with Gasteiger partial charge in [0.15, 0.2) is 15.0 Å². The molecule has 182 valence electrons. The molecular weight excluding hydrogens is 470 g/mol. The molecule has 0 bridgehead atoms. The van der Waals surface area contributed by atoms with E-state index in [1.807, 2.05) is 13.8 Å². The van der Waals surface area contributed by atoms with Gasteiger partial charge in [0.2, 0.25) is 5.91 Å². The first-order valence-electron chi connectivity index (χ1n) is 11.6. The number of aryl methyl sites for hydroxylation is 2. The Labute approximate surface area is 205 Å². The molecule has 3 aromatic rings. The number of benzene rings is 2. The second-order valence-electron chi connectivity index (χ2n) is 8.66. The number of fused-ring (bicyclic) bond motifs is 1. The normalized spacial score (nSPS) is 15.0. The van der Waals surface area contributed by atoms with Gasteiger partial charge in [-0.1, -0.05) is 35.6 Å². The van der Waals surface area contributed by atoms with Crippen molar-refractivity contribution in [2.24, 2.45) is 0 Å². The largest absolute Gasteiger partial charge is 0.379 e. The van der Waals surface area contributed by atoms with E-state index in [0.717, 1.165) is 60.6 Å². The molecule has 0 atom stereocenters. The van der Waals surface area contributed by atoms with Gasteiger partial charge in [-0.25, -0.2) is 13.4 Å². The van der Waals surface area contributed by atoms with Gasteiger partial charge in [0.25, 0.3) is 0 Å². The smallest absolute Gasteiger partial charge is 0.229 e. The molecule has 4 rings (SSSR count). The zero-order valence-corrected chi connectivity index (χ0v) is 21.3. The summed E-state index contributed by atoms with van der Waals surface area (Å²) in [6.45, 7) is 8.68. The molecule has 2 heterocycles. The van der Waals surface area contributed by atoms with Crippen molar-refractivity contribution in [2.75, 3.05) is 50.0 Å². The molecule has 34 heavy (non-hydrogen) atoms. The monoisotopic (exact) mass is 501 g/mol. The molecule has 1 saturated heterocycles. The Morgan fingerprint density at radius 1 is 1.15 bits per heavy atom. The number of rotatable bonds is 9. The van der Waals surface area contributed by atoms with E-state index < -0.39 is 9.84 Å². The lowest BCUT2D eigenvalue weighted by atomic mass is 10.1. The molecule has 2 aromatic carbocycles. The van der Waals surface area contributed by atoms with E-state index in [4.69, 9.17) is 9.72 Å². The summed E-state index contributed by atoms with van der Waals surface area (Å²) in [7, 11) is -3.53. The van der Waals surface area contributed by atoms with Crippen LogP contribution in [0.15, 0.2) is 47.4 Å². The highest BCUT2D eigenvalue weighted by Gasteiger charge is 2.24. The van der Waals surface area contributed by atoms with Crippen molar-refractivity contribution in [2.45, 2.75) is 31.6 Å². The summed E-state index contributed by atoms with van der Waals surface area (Å²) in [5, 5.41) is 0.632. The van der Waals surface area contributed by atoms with Crippen molar-refractivity contribution < 1.29 is 17.9 Å². The van der Waals surface area contributed by atoms with Crippen LogP contribution in [0.5, 0.6) is 0 Å². The van der Waals surface area contributed by atoms with Crippen molar-refractivity contribution in [3.05, 3.63) is 53.6 Å². The Kier molecular flexibility index (Phi) is 7.98. The lowest BCUT2D eigenvalue weighted by Gasteiger charge is -2.27. The van der Waals surface area contributed by atoms with Gasteiger partial charge in [-0.2, -0.15) is 0 Å². The van der Waals surface area contributed by atoms with Gasteiger partial charge < -0.3 is 4.74 Å². The third-order valence-electron chi connectivity index (χ3n) is 6.00. The molecule has 1 aromatic heterocycles. The molecule has 0 spiro atoms. The second kappa shape index (κ2) is 10.9. The topological polar surface area (TPSA) is 79.8 Å². The minimum absolute atomic E-state index is 0.0806. The number of carbonyl (C=O) groups excluding carboxylic acids is 1. The summed E-state index contributed by atoms with van der Waals surface area (Å²) in [6.07, 6.45) is 0.702. The summed E-state index contributed by atoms with van der Waals surface area (Å²) in [5.41, 5.74) is 3.12. The lowest BCUT2D eigenvalue weighted by molar-refractivity contribution is -0.118. The maximum atomic E-state index is 13.3. The summed E-state index contributed by atoms with van der Waals surface area (Å²) >= 11 is 1.49. The highest BCUT2D eigenvalue weighted by Crippen LogP contribution is 2.32. The molecule has 1 fully saturated rings. The number of thiazole rings is 1. The van der Waals surface area contributed by atoms with Crippen molar-refractivity contribution in [3.63, 3.8) is 0 Å². The molecule has 1 aliphatic heterocycles. The Balaban J connectivity index is 1.51. The standard InChI is InChI=1S/C25H31N3O4S2/c1-19-17-20(2)24-22(18-19)33-25(26-24)28(11-6-10-27-12-14-32-15-13-27)23(29)9-16-34(30,31)21-7-4-3-5-8-21/h3-5,7-8,17-18H,6,9-16H2,1-2H3. The van der Waals surface area contributed by atoms with E-state index in [1.165, 1.54) is 11.3 Å². The quantitative estimate of drug-likeness (QED) is 0.443. The Bertz CT molecular complexity index is 1240. The molecule has 0 saturated carbocycles. The van der Waals surface area contributed by atoms with Crippen LogP contribution in [0.2, 0.25) is 0 Å². The van der Waals surface area contributed by atoms with E-state index in [0.29, 0.717) is 11.7 Å². The number of anilines is 1. The first-order valence-corrected chi connectivity index (χ1v) is 14.1. The van der Waals surface area contributed by atoms with E-state index in [-0.39, 0.29) is 23.0 Å². The highest BCUT2D eigenvalue weighted by atomic mass is 32.2. The number of hydrogen-bond acceptors (Lipinski definition) is 7. The lowest BCUT2D eigenvalue weighted by Crippen LogP contribution is -2.39. The number of hydrogen-bond donors (Lipinski definition) is 0. The number of nitrogens with zero attached hydrogens (tertiary/aromatic N) is 3. The van der Waals surface area contributed by atoms with E-state index in [2.05, 4.69) is 17.0 Å². The molecule has 0 radical (unpaired) electrons. The Morgan fingerprint density at radius 2 is 1.88 bits per heavy atom. The number of amides is 1. The first kappa shape index (κ1) is 24.8. The molecular formula is C25H31N3O4S2. The molecule has 0 unspecified atom stereocenters. The van der Waals surface area contributed by atoms with Crippen LogP contribution < -0.4 is 4.90 Å². The average Bonchev–Trinajstić information content (AvgIpc) is 3.25. The van der Waals surface area contributed by atoms with Crippen molar-refractivity contribution in [1.29, 1.82) is 0 Å². The maximum absolute atomic E-state index is 13.3. The van der Waals surface area contributed by atoms with Gasteiger partial charge in [0.1, 0.15) is 0 Å². The SMILES string of the molecule is Cc1cc(C)c2nc(N(CCCN3CCOCC3)C(=O)CCS(=O)(=O)c3ccccc3)sc2c1. The molecule has 7 nitrogen and oxygen atoms in total. The predicted molar refractivity (Wildman–Crippen MR) is 136 cm³/mol. The first-order chi connectivity index (χ1) is 16.3. The zero-order chi connectivity index (χ0) is 24.1. The maximum Gasteiger partial charge on any atom is 0.229 e. The Morgan fingerprint density at radius 3 is 2.62 bits per heavy atom. The van der Waals surface area contributed by atoms with Crippen molar-refractivity contribution in [1.82, 2.24) is 9.88 Å². The predicted octanol–water partition coefficient (Wildman–Crippen LogP) is 3.83. The minimum atomic E-state index is -3.53. The van der Waals surface area contributed by atoms with Crippen LogP contribution in [0.4, 0.5) is 5.13 Å². The average molecular weight is 502 g/mol. The Hall–Kier alpha value is -2.33. The summed E-state index contributed by atoms with van der Waals surface area (Å²) < 4.78 is 31.9. The summed E-state index contributed by atoms with van der Waals surface area (Å²) in [5.74, 6) is -0.436. The van der Waals surface area contributed by atoms with Gasteiger partial charge in [0.05, 0.1) is 34.1 Å². The third-order valence-corrected chi connectivity index (χ3v) is 8.75. The van der Waals surface area contributed by atoms with Crippen LogP contribution in [-0.2, 0) is 19.4 Å². The number of aromatic nitrogens is 1. The van der Waals surface area contributed by atoms with Crippen LogP contribution in [0.25, 0.3) is 10.2 Å². The number of carbonyl (C=O) groups is 1. The highest BCUT2D eigenvalue weighted by molar-refractivity contribution is 7.91. The molecule has 9 heteroatoms. The number of sulfone groups is 1. The van der Waals surface area contributed by atoms with Crippen LogP contribution in [0, 0.1) is 13.8 Å². The fraction of sp³-hybridized carbons (Fsp3) is 0.440. The zero-order valence-electron chi connectivity index (χ0n) is 19.7. The van der Waals surface area contributed by atoms with Crippen molar-refractivity contribution >= 4 is 42.4 Å². The minimum Gasteiger partial charge on any atom is -0.379 e. The third kappa shape index (κ3) is 6.02. The fourth-order valence-electron chi connectivity index (χ4n) is 4.18. The number of ether oxygens (including phenoxy) is 1. The van der Waals surface area contributed by atoms with Crippen LogP contribution in [-0.4, -0.2) is 69.4 Å². The van der Waals surface area contributed by atoms with Gasteiger partial charge in [0, 0.05) is 32.6 Å². The second-order valence-corrected chi connectivity index (χ2v) is 11.8. The summed E-state index contributed by atoms with van der Waals surface area (Å²) in [4.78, 5) is 22.4. The van der Waals surface area contributed by atoms with Crippen LogP contribution >= 0.6 is 11.3 Å². The van der Waals surface area contributed by atoms with Gasteiger partial charge in [-0.3, -0.25) is 14.6 Å². The van der Waals surface area contributed by atoms with E-state index >= 15 is 0 Å². The van der Waals surface area contributed by atoms with Crippen molar-refractivity contribution in [3.8, 4) is 0 Å². The molecule has 1 amide bonds. The fourth-order valence-corrected chi connectivity index (χ4v) is 6.62.